The molecule has 98 valence electrons. The van der Waals surface area contributed by atoms with Gasteiger partial charge < -0.3 is 4.98 Å². The fourth-order valence-electron chi connectivity index (χ4n) is 3.02. The van der Waals surface area contributed by atoms with Crippen molar-refractivity contribution >= 4 is 23.4 Å². The van der Waals surface area contributed by atoms with E-state index in [4.69, 9.17) is 12.2 Å². The van der Waals surface area contributed by atoms with E-state index in [2.05, 4.69) is 28.5 Å². The number of hydrogen-bond donors (Lipinski definition) is 1. The first-order valence-electron chi connectivity index (χ1n) is 6.83. The Kier molecular flexibility index (Phi) is 2.81. The molecule has 0 bridgehead atoms. The van der Waals surface area contributed by atoms with E-state index in [-0.39, 0.29) is 0 Å². The number of nitrogens with one attached hydrogen (secondary N) is 1. The second-order valence-electron chi connectivity index (χ2n) is 5.27. The molecule has 0 amide bonds. The summed E-state index contributed by atoms with van der Waals surface area (Å²) in [7, 11) is 2.01. The highest BCUT2D eigenvalue weighted by Gasteiger charge is 2.39. The van der Waals surface area contributed by atoms with E-state index in [0.717, 1.165) is 28.3 Å². The maximum Gasteiger partial charge on any atom is 0.179 e. The molecule has 5 heteroatoms. The molecule has 4 nitrogen and oxygen atoms in total. The maximum atomic E-state index is 5.49. The highest BCUT2D eigenvalue weighted by atomic mass is 32.1. The van der Waals surface area contributed by atoms with Crippen molar-refractivity contribution in [3.8, 4) is 0 Å². The Morgan fingerprint density at radius 3 is 2.89 bits per heavy atom. The van der Waals surface area contributed by atoms with Gasteiger partial charge in [0.05, 0.1) is 5.69 Å². The van der Waals surface area contributed by atoms with Gasteiger partial charge in [0.2, 0.25) is 0 Å². The minimum Gasteiger partial charge on any atom is -0.328 e. The summed E-state index contributed by atoms with van der Waals surface area (Å²) >= 11 is 5.49. The molecule has 1 fully saturated rings. The number of hydrogen-bond acceptors (Lipinski definition) is 2. The molecule has 2 heterocycles. The van der Waals surface area contributed by atoms with Gasteiger partial charge in [-0.05, 0) is 37.4 Å². The number of aromatic nitrogens is 4. The number of aryl methyl sites for hydroxylation is 2. The molecule has 1 N–H and O–H groups in total. The predicted octanol–water partition coefficient (Wildman–Crippen LogP) is 3.36. The first-order chi connectivity index (χ1) is 8.67. The number of fused-ring (bicyclic) bond motifs is 1. The Morgan fingerprint density at radius 2 is 2.22 bits per heavy atom. The molecule has 1 aliphatic rings. The molecule has 0 radical (unpaired) electrons. The number of aromatic amines is 1. The second kappa shape index (κ2) is 4.23. The van der Waals surface area contributed by atoms with Crippen molar-refractivity contribution in [1.82, 2.24) is 19.3 Å². The first kappa shape index (κ1) is 12.0. The van der Waals surface area contributed by atoms with Crippen molar-refractivity contribution in [1.29, 1.82) is 0 Å². The molecule has 0 saturated heterocycles. The van der Waals surface area contributed by atoms with E-state index in [1.165, 1.54) is 24.9 Å². The third-order valence-electron chi connectivity index (χ3n) is 3.98. The fraction of sp³-hybridized carbons (Fsp3) is 0.692. The van der Waals surface area contributed by atoms with Crippen LogP contribution in [0.1, 0.15) is 44.8 Å². The van der Waals surface area contributed by atoms with Crippen LogP contribution in [0.25, 0.3) is 11.2 Å². The summed E-state index contributed by atoms with van der Waals surface area (Å²) in [6.45, 7) is 4.38. The molecule has 2 unspecified atom stereocenters. The molecule has 0 spiro atoms. The first-order valence-corrected chi connectivity index (χ1v) is 7.24. The Morgan fingerprint density at radius 1 is 1.44 bits per heavy atom. The number of imidazole rings is 1. The van der Waals surface area contributed by atoms with Crippen molar-refractivity contribution in [2.24, 2.45) is 13.0 Å². The zero-order valence-electron chi connectivity index (χ0n) is 11.2. The van der Waals surface area contributed by atoms with Crippen molar-refractivity contribution in [3.63, 3.8) is 0 Å². The zero-order chi connectivity index (χ0) is 12.9. The molecule has 2 aromatic heterocycles. The largest absolute Gasteiger partial charge is 0.328 e. The van der Waals surface area contributed by atoms with Gasteiger partial charge in [-0.1, -0.05) is 20.3 Å². The topological polar surface area (TPSA) is 38.5 Å². The monoisotopic (exact) mass is 264 g/mol. The molecule has 2 aromatic rings. The van der Waals surface area contributed by atoms with E-state index in [1.54, 1.807) is 0 Å². The van der Waals surface area contributed by atoms with Crippen LogP contribution < -0.4 is 0 Å². The molecule has 1 saturated carbocycles. The van der Waals surface area contributed by atoms with Crippen LogP contribution in [0.4, 0.5) is 0 Å². The van der Waals surface area contributed by atoms with Gasteiger partial charge in [-0.25, -0.2) is 0 Å². The van der Waals surface area contributed by atoms with Crippen molar-refractivity contribution in [2.75, 3.05) is 0 Å². The summed E-state index contributed by atoms with van der Waals surface area (Å²) in [5.74, 6) is 0.806. The van der Waals surface area contributed by atoms with Gasteiger partial charge in [-0.2, -0.15) is 5.10 Å². The smallest absolute Gasteiger partial charge is 0.179 e. The Bertz CT molecular complexity index is 633. The highest BCUT2D eigenvalue weighted by molar-refractivity contribution is 7.71. The lowest BCUT2D eigenvalue weighted by molar-refractivity contribution is 0.599. The van der Waals surface area contributed by atoms with Crippen LogP contribution in [0.5, 0.6) is 0 Å². The van der Waals surface area contributed by atoms with E-state index < -0.39 is 0 Å². The Labute approximate surface area is 112 Å². The predicted molar refractivity (Wildman–Crippen MR) is 75.3 cm³/mol. The summed E-state index contributed by atoms with van der Waals surface area (Å²) in [5.41, 5.74) is 3.41. The minimum atomic E-state index is 0.589. The number of H-pyrrole nitrogens is 1. The van der Waals surface area contributed by atoms with Crippen LogP contribution in [0.15, 0.2) is 0 Å². The summed E-state index contributed by atoms with van der Waals surface area (Å²) in [6.07, 6.45) is 4.77. The van der Waals surface area contributed by atoms with Crippen molar-refractivity contribution in [3.05, 3.63) is 10.5 Å². The molecule has 0 aliphatic heterocycles. The van der Waals surface area contributed by atoms with Gasteiger partial charge in [0.1, 0.15) is 5.52 Å². The third kappa shape index (κ3) is 1.64. The van der Waals surface area contributed by atoms with Gasteiger partial charge in [0.15, 0.2) is 10.4 Å². The molecule has 18 heavy (non-hydrogen) atoms. The molecular formula is C13H20N4S. The lowest BCUT2D eigenvalue weighted by Gasteiger charge is -2.03. The lowest BCUT2D eigenvalue weighted by atomic mass is 10.2. The Balaban J connectivity index is 2.10. The highest BCUT2D eigenvalue weighted by Crippen LogP contribution is 2.47. The second-order valence-corrected chi connectivity index (χ2v) is 5.66. The summed E-state index contributed by atoms with van der Waals surface area (Å²) < 4.78 is 5.12. The van der Waals surface area contributed by atoms with Crippen LogP contribution in [0, 0.1) is 10.7 Å². The maximum absolute atomic E-state index is 5.49. The van der Waals surface area contributed by atoms with Crippen LogP contribution in [0.2, 0.25) is 0 Å². The molecule has 1 aliphatic carbocycles. The van der Waals surface area contributed by atoms with Gasteiger partial charge in [0.25, 0.3) is 0 Å². The SMILES string of the molecule is CCCC1CC1n1c(=S)[nH]c2c(CC)nn(C)c21. The summed E-state index contributed by atoms with van der Waals surface area (Å²) in [4.78, 5) is 3.35. The Hall–Kier alpha value is -1.10. The van der Waals surface area contributed by atoms with Crippen LogP contribution in [-0.4, -0.2) is 19.3 Å². The van der Waals surface area contributed by atoms with Crippen molar-refractivity contribution < 1.29 is 0 Å². The van der Waals surface area contributed by atoms with Gasteiger partial charge in [-0.3, -0.25) is 9.25 Å². The number of nitrogens with zero attached hydrogens (tertiary/aromatic N) is 3. The standard InChI is InChI=1S/C13H20N4S/c1-4-6-8-7-10(8)17-12-11(14-13(17)18)9(5-2)15-16(12)3/h8,10H,4-7H2,1-3H3,(H,14,18). The van der Waals surface area contributed by atoms with Crippen LogP contribution in [0.3, 0.4) is 0 Å². The zero-order valence-corrected chi connectivity index (χ0v) is 12.0. The van der Waals surface area contributed by atoms with Crippen molar-refractivity contribution in [2.45, 2.75) is 45.6 Å². The van der Waals surface area contributed by atoms with Gasteiger partial charge in [0, 0.05) is 13.1 Å². The minimum absolute atomic E-state index is 0.589. The fourth-order valence-corrected chi connectivity index (χ4v) is 3.35. The van der Waals surface area contributed by atoms with Crippen LogP contribution >= 0.6 is 12.2 Å². The quantitative estimate of drug-likeness (QED) is 0.860. The molecule has 2 atom stereocenters. The average Bonchev–Trinajstić information content (AvgIpc) is 2.90. The molecular weight excluding hydrogens is 244 g/mol. The van der Waals surface area contributed by atoms with Gasteiger partial charge >= 0.3 is 0 Å². The van der Waals surface area contributed by atoms with E-state index in [9.17, 15) is 0 Å². The molecule has 0 aromatic carbocycles. The normalized spacial score (nSPS) is 22.8. The average molecular weight is 264 g/mol. The third-order valence-corrected chi connectivity index (χ3v) is 4.28. The number of rotatable bonds is 4. The van der Waals surface area contributed by atoms with E-state index >= 15 is 0 Å². The van der Waals surface area contributed by atoms with E-state index in [1.807, 2.05) is 11.7 Å². The molecule has 3 rings (SSSR count). The summed E-state index contributed by atoms with van der Waals surface area (Å²) in [6, 6.07) is 0.589. The van der Waals surface area contributed by atoms with Crippen LogP contribution in [-0.2, 0) is 13.5 Å². The van der Waals surface area contributed by atoms with Gasteiger partial charge in [-0.15, -0.1) is 0 Å². The lowest BCUT2D eigenvalue weighted by Crippen LogP contribution is -2.02. The van der Waals surface area contributed by atoms with E-state index in [0.29, 0.717) is 6.04 Å². The summed E-state index contributed by atoms with van der Waals surface area (Å²) in [5, 5.41) is 4.57.